The highest BCUT2D eigenvalue weighted by Gasteiger charge is 2.28. The molecular weight excluding hydrogens is 697 g/mol. The third-order valence-electron chi connectivity index (χ3n) is 8.64. The van der Waals surface area contributed by atoms with Crippen molar-refractivity contribution in [3.63, 3.8) is 0 Å². The van der Waals surface area contributed by atoms with Crippen molar-refractivity contribution in [1.29, 1.82) is 0 Å². The molecule has 11 nitrogen and oxygen atoms in total. The Morgan fingerprint density at radius 3 is 1.53 bits per heavy atom. The van der Waals surface area contributed by atoms with Crippen molar-refractivity contribution in [2.75, 3.05) is 19.8 Å². The fraction of sp³-hybridized carbons (Fsp3) is 0.780. The number of aliphatic carboxylic acids is 1. The minimum atomic E-state index is -4.72. The lowest BCUT2D eigenvalue weighted by atomic mass is 10.0. The summed E-state index contributed by atoms with van der Waals surface area (Å²) in [6.45, 7) is 2.74. The summed E-state index contributed by atoms with van der Waals surface area (Å²) in [5.41, 5.74) is 5.32. The lowest BCUT2D eigenvalue weighted by molar-refractivity contribution is -0.161. The lowest BCUT2D eigenvalue weighted by Crippen LogP contribution is -2.34. The number of esters is 2. The van der Waals surface area contributed by atoms with Crippen molar-refractivity contribution in [3.05, 3.63) is 36.5 Å². The van der Waals surface area contributed by atoms with Gasteiger partial charge in [0.1, 0.15) is 12.6 Å². The van der Waals surface area contributed by atoms with E-state index in [1.807, 2.05) is 0 Å². The summed E-state index contributed by atoms with van der Waals surface area (Å²) in [7, 11) is -4.72. The molecule has 3 atom stereocenters. The normalized spacial score (nSPS) is 14.2. The van der Waals surface area contributed by atoms with E-state index in [0.29, 0.717) is 12.8 Å². The van der Waals surface area contributed by atoms with Gasteiger partial charge in [0, 0.05) is 12.8 Å². The Bertz CT molecular complexity index is 1050. The number of carboxylic acid groups (broad SMARTS) is 1. The van der Waals surface area contributed by atoms with E-state index in [-0.39, 0.29) is 19.4 Å². The van der Waals surface area contributed by atoms with Gasteiger partial charge in [-0.05, 0) is 51.4 Å². The molecule has 0 saturated carbocycles. The molecule has 0 radical (unpaired) electrons. The van der Waals surface area contributed by atoms with Crippen LogP contribution in [0.1, 0.15) is 174 Å². The molecule has 0 aliphatic rings. The number of nitrogens with two attached hydrogens (primary N) is 1. The number of hydrogen-bond acceptors (Lipinski definition) is 9. The predicted molar refractivity (Wildman–Crippen MR) is 212 cm³/mol. The second-order valence-corrected chi connectivity index (χ2v) is 15.2. The fourth-order valence-electron chi connectivity index (χ4n) is 5.36. The highest BCUT2D eigenvalue weighted by atomic mass is 31.2. The number of hydrogen-bond donors (Lipinski definition) is 3. The Morgan fingerprint density at radius 1 is 0.585 bits per heavy atom. The van der Waals surface area contributed by atoms with Crippen LogP contribution in [-0.2, 0) is 37.5 Å². The molecule has 0 saturated heterocycles. The first-order chi connectivity index (χ1) is 25.6. The van der Waals surface area contributed by atoms with E-state index in [1.165, 1.54) is 70.6 Å². The Balaban J connectivity index is 4.44. The Kier molecular flexibility index (Phi) is 35.1. The van der Waals surface area contributed by atoms with Gasteiger partial charge in [0.2, 0.25) is 0 Å². The van der Waals surface area contributed by atoms with Gasteiger partial charge in [0.05, 0.1) is 13.2 Å². The van der Waals surface area contributed by atoms with E-state index in [9.17, 15) is 23.8 Å². The molecular formula is C41H74NO10P. The van der Waals surface area contributed by atoms with Crippen LogP contribution >= 0.6 is 7.82 Å². The van der Waals surface area contributed by atoms with Crippen LogP contribution < -0.4 is 5.73 Å². The molecule has 0 fully saturated rings. The highest BCUT2D eigenvalue weighted by molar-refractivity contribution is 7.47. The number of phosphoric ester groups is 1. The van der Waals surface area contributed by atoms with E-state index in [2.05, 4.69) is 54.8 Å². The smallest absolute Gasteiger partial charge is 0.472 e. The fourth-order valence-corrected chi connectivity index (χ4v) is 6.14. The summed E-state index contributed by atoms with van der Waals surface area (Å²) < 4.78 is 32.6. The second-order valence-electron chi connectivity index (χ2n) is 13.8. The molecule has 0 aliphatic heterocycles. The standard InChI is InChI=1S/C41H74NO10P/c1-3-5-7-9-11-13-15-17-18-19-20-21-23-25-27-29-31-33-40(44)52-37(35-50-53(47,48)51-36-38(42)41(45)46)34-49-39(43)32-30-28-26-24-22-16-14-12-10-8-6-4-2/h11,13,17-18,20-21,37-38H,3-10,12,14-16,19,22-36,42H2,1-2H3,(H,45,46)(H,47,48)/b13-11+,18-17+,21-20+/t37-,38+/m1/s1. The average Bonchev–Trinajstić information content (AvgIpc) is 3.13. The highest BCUT2D eigenvalue weighted by Crippen LogP contribution is 2.43. The van der Waals surface area contributed by atoms with Gasteiger partial charge >= 0.3 is 25.7 Å². The van der Waals surface area contributed by atoms with Crippen molar-refractivity contribution in [2.45, 2.75) is 187 Å². The predicted octanol–water partition coefficient (Wildman–Crippen LogP) is 10.4. The van der Waals surface area contributed by atoms with Gasteiger partial charge in [0.15, 0.2) is 6.10 Å². The van der Waals surface area contributed by atoms with Crippen molar-refractivity contribution >= 4 is 25.7 Å². The molecule has 308 valence electrons. The first-order valence-electron chi connectivity index (χ1n) is 20.5. The van der Waals surface area contributed by atoms with Gasteiger partial charge in [-0.25, -0.2) is 4.57 Å². The SMILES string of the molecule is CCCCC/C=C/C/C=C/C/C=C/CCCCCCC(=O)O[C@H](COC(=O)CCCCCCCCCCCCCC)COP(=O)(O)OC[C@H](N)C(=O)O. The number of phosphoric acid groups is 1. The molecule has 53 heavy (non-hydrogen) atoms. The third-order valence-corrected chi connectivity index (χ3v) is 9.59. The zero-order valence-electron chi connectivity index (χ0n) is 33.1. The molecule has 4 N–H and O–H groups in total. The number of rotatable bonds is 38. The summed E-state index contributed by atoms with van der Waals surface area (Å²) in [5, 5.41) is 8.87. The third kappa shape index (κ3) is 36.4. The zero-order valence-corrected chi connectivity index (χ0v) is 34.0. The zero-order chi connectivity index (χ0) is 39.3. The quantitative estimate of drug-likeness (QED) is 0.0236. The van der Waals surface area contributed by atoms with Crippen LogP contribution in [0.3, 0.4) is 0 Å². The maximum absolute atomic E-state index is 12.6. The van der Waals surface area contributed by atoms with Crippen LogP contribution in [-0.4, -0.2) is 59.9 Å². The van der Waals surface area contributed by atoms with Crippen LogP contribution in [0.5, 0.6) is 0 Å². The summed E-state index contributed by atoms with van der Waals surface area (Å²) in [6.07, 6.45) is 37.8. The first kappa shape index (κ1) is 50.7. The summed E-state index contributed by atoms with van der Waals surface area (Å²) in [6, 6.07) is -1.52. The van der Waals surface area contributed by atoms with Crippen molar-refractivity contribution in [2.24, 2.45) is 5.73 Å². The average molecular weight is 772 g/mol. The first-order valence-corrected chi connectivity index (χ1v) is 22.0. The van der Waals surface area contributed by atoms with Gasteiger partial charge in [-0.2, -0.15) is 0 Å². The monoisotopic (exact) mass is 772 g/mol. The molecule has 12 heteroatoms. The number of carboxylic acids is 1. The molecule has 0 bridgehead atoms. The van der Waals surface area contributed by atoms with E-state index in [0.717, 1.165) is 64.2 Å². The van der Waals surface area contributed by atoms with Gasteiger partial charge in [-0.15, -0.1) is 0 Å². The summed E-state index contributed by atoms with van der Waals surface area (Å²) >= 11 is 0. The van der Waals surface area contributed by atoms with Crippen molar-refractivity contribution in [1.82, 2.24) is 0 Å². The molecule has 0 aromatic heterocycles. The van der Waals surface area contributed by atoms with Crippen molar-refractivity contribution < 1.29 is 47.5 Å². The minimum Gasteiger partial charge on any atom is -0.480 e. The Hall–Kier alpha value is -2.30. The maximum atomic E-state index is 12.6. The van der Waals surface area contributed by atoms with Gasteiger partial charge < -0.3 is 25.2 Å². The van der Waals surface area contributed by atoms with E-state index >= 15 is 0 Å². The molecule has 0 spiro atoms. The van der Waals surface area contributed by atoms with Gasteiger partial charge in [-0.1, -0.05) is 147 Å². The van der Waals surface area contributed by atoms with Crippen LogP contribution in [0.15, 0.2) is 36.5 Å². The van der Waals surface area contributed by atoms with E-state index < -0.39 is 51.1 Å². The van der Waals surface area contributed by atoms with Gasteiger partial charge in [0.25, 0.3) is 0 Å². The van der Waals surface area contributed by atoms with Crippen LogP contribution in [0.4, 0.5) is 0 Å². The Morgan fingerprint density at radius 2 is 1.00 bits per heavy atom. The number of allylic oxidation sites excluding steroid dienone is 6. The molecule has 0 rings (SSSR count). The van der Waals surface area contributed by atoms with Crippen molar-refractivity contribution in [3.8, 4) is 0 Å². The van der Waals surface area contributed by atoms with Crippen LogP contribution in [0, 0.1) is 0 Å². The molecule has 0 heterocycles. The van der Waals surface area contributed by atoms with Gasteiger partial charge in [-0.3, -0.25) is 23.4 Å². The number of unbranched alkanes of at least 4 members (excludes halogenated alkanes) is 18. The summed E-state index contributed by atoms with van der Waals surface area (Å²) in [4.78, 5) is 45.8. The largest absolute Gasteiger partial charge is 0.480 e. The van der Waals surface area contributed by atoms with E-state index in [4.69, 9.17) is 24.8 Å². The second kappa shape index (κ2) is 36.7. The van der Waals surface area contributed by atoms with Crippen LogP contribution in [0.25, 0.3) is 0 Å². The number of ether oxygens (including phenoxy) is 2. The lowest BCUT2D eigenvalue weighted by Gasteiger charge is -2.20. The number of carbonyl (C=O) groups excluding carboxylic acids is 2. The molecule has 0 aliphatic carbocycles. The number of carbonyl (C=O) groups is 3. The topological polar surface area (TPSA) is 172 Å². The molecule has 0 aromatic carbocycles. The molecule has 1 unspecified atom stereocenters. The molecule has 0 aromatic rings. The van der Waals surface area contributed by atoms with E-state index in [1.54, 1.807) is 0 Å². The minimum absolute atomic E-state index is 0.137. The van der Waals surface area contributed by atoms with Crippen LogP contribution in [0.2, 0.25) is 0 Å². The summed E-state index contributed by atoms with van der Waals surface area (Å²) in [5.74, 6) is -2.41. The maximum Gasteiger partial charge on any atom is 0.472 e. The Labute approximate surface area is 321 Å². The molecule has 0 amide bonds.